The van der Waals surface area contributed by atoms with Gasteiger partial charge in [-0.3, -0.25) is 0 Å². The molecule has 3 nitrogen and oxygen atoms in total. The molecule has 0 aliphatic rings. The summed E-state index contributed by atoms with van der Waals surface area (Å²) in [6, 6.07) is 6.35. The maximum Gasteiger partial charge on any atom is 0.137 e. The number of nitrogens with one attached hydrogen (secondary N) is 1. The summed E-state index contributed by atoms with van der Waals surface area (Å²) in [5.74, 6) is 0.724. The van der Waals surface area contributed by atoms with Crippen molar-refractivity contribution >= 4 is 11.6 Å². The molecule has 0 spiro atoms. The summed E-state index contributed by atoms with van der Waals surface area (Å²) in [7, 11) is 7.76. The fourth-order valence-corrected chi connectivity index (χ4v) is 2.16. The molecule has 0 aliphatic heterocycles. The first-order chi connectivity index (χ1) is 8.10. The second-order valence-electron chi connectivity index (χ2n) is 4.27. The first kappa shape index (κ1) is 14.3. The Labute approximate surface area is 109 Å². The number of nitrogens with zero attached hydrogens (tertiary/aromatic N) is 1. The lowest BCUT2D eigenvalue weighted by Gasteiger charge is -2.25. The number of hydrogen-bond acceptors (Lipinski definition) is 3. The predicted octanol–water partition coefficient (Wildman–Crippen LogP) is 2.56. The van der Waals surface area contributed by atoms with Gasteiger partial charge in [0.1, 0.15) is 5.75 Å². The maximum atomic E-state index is 6.15. The zero-order chi connectivity index (χ0) is 12.8. The van der Waals surface area contributed by atoms with Crippen LogP contribution in [0.2, 0.25) is 5.02 Å². The molecule has 1 unspecified atom stereocenters. The lowest BCUT2D eigenvalue weighted by Crippen LogP contribution is -2.23. The molecule has 0 saturated heterocycles. The van der Waals surface area contributed by atoms with Crippen molar-refractivity contribution in [3.8, 4) is 5.75 Å². The van der Waals surface area contributed by atoms with Crippen LogP contribution in [0.4, 0.5) is 0 Å². The van der Waals surface area contributed by atoms with Crippen LogP contribution in [-0.2, 0) is 0 Å². The molecule has 0 amide bonds. The molecule has 17 heavy (non-hydrogen) atoms. The molecule has 0 saturated carbocycles. The Hall–Kier alpha value is -0.770. The van der Waals surface area contributed by atoms with Gasteiger partial charge in [-0.05, 0) is 51.8 Å². The molecule has 0 aliphatic carbocycles. The van der Waals surface area contributed by atoms with E-state index in [0.717, 1.165) is 18.7 Å². The van der Waals surface area contributed by atoms with Crippen LogP contribution >= 0.6 is 11.6 Å². The lowest BCUT2D eigenvalue weighted by molar-refractivity contribution is 0.282. The van der Waals surface area contributed by atoms with E-state index >= 15 is 0 Å². The number of halogens is 1. The third-order valence-corrected chi connectivity index (χ3v) is 3.15. The Bertz CT molecular complexity index is 355. The summed E-state index contributed by atoms with van der Waals surface area (Å²) < 4.78 is 5.16. The number of hydrogen-bond donors (Lipinski definition) is 1. The van der Waals surface area contributed by atoms with Crippen LogP contribution in [0, 0.1) is 0 Å². The van der Waals surface area contributed by atoms with Gasteiger partial charge in [0.25, 0.3) is 0 Å². The summed E-state index contributed by atoms with van der Waals surface area (Å²) in [5.41, 5.74) is 1.22. The molecule has 0 bridgehead atoms. The van der Waals surface area contributed by atoms with E-state index in [9.17, 15) is 0 Å². The molecule has 1 atom stereocenters. The van der Waals surface area contributed by atoms with Gasteiger partial charge < -0.3 is 15.0 Å². The minimum absolute atomic E-state index is 0.367. The second kappa shape index (κ2) is 6.84. The van der Waals surface area contributed by atoms with Crippen molar-refractivity contribution < 1.29 is 4.74 Å². The summed E-state index contributed by atoms with van der Waals surface area (Å²) in [4.78, 5) is 2.20. The van der Waals surface area contributed by atoms with Gasteiger partial charge in [0.05, 0.1) is 12.1 Å². The Morgan fingerprint density at radius 3 is 2.59 bits per heavy atom. The molecule has 0 fully saturated rings. The average molecular weight is 257 g/mol. The Morgan fingerprint density at radius 1 is 1.41 bits per heavy atom. The van der Waals surface area contributed by atoms with Gasteiger partial charge in [0, 0.05) is 6.04 Å². The van der Waals surface area contributed by atoms with E-state index in [1.807, 2.05) is 19.2 Å². The molecule has 1 N–H and O–H groups in total. The first-order valence-corrected chi connectivity index (χ1v) is 6.12. The summed E-state index contributed by atoms with van der Waals surface area (Å²) in [6.45, 7) is 0.979. The van der Waals surface area contributed by atoms with Crippen molar-refractivity contribution in [2.75, 3.05) is 34.8 Å². The Kier molecular flexibility index (Phi) is 5.75. The van der Waals surface area contributed by atoms with Crippen molar-refractivity contribution in [3.63, 3.8) is 0 Å². The van der Waals surface area contributed by atoms with Crippen LogP contribution in [0.1, 0.15) is 18.0 Å². The topological polar surface area (TPSA) is 24.5 Å². The molecule has 1 rings (SSSR count). The highest BCUT2D eigenvalue weighted by Crippen LogP contribution is 2.30. The molecule has 0 aromatic heterocycles. The van der Waals surface area contributed by atoms with E-state index in [4.69, 9.17) is 16.3 Å². The number of benzene rings is 1. The molecular weight excluding hydrogens is 236 g/mol. The highest BCUT2D eigenvalue weighted by molar-refractivity contribution is 6.32. The third-order valence-electron chi connectivity index (χ3n) is 2.85. The zero-order valence-electron chi connectivity index (χ0n) is 11.0. The number of ether oxygens (including phenoxy) is 1. The molecule has 1 aromatic rings. The number of methoxy groups -OCH3 is 1. The van der Waals surface area contributed by atoms with E-state index in [-0.39, 0.29) is 0 Å². The van der Waals surface area contributed by atoms with Gasteiger partial charge in [-0.15, -0.1) is 0 Å². The highest BCUT2D eigenvalue weighted by atomic mass is 35.5. The highest BCUT2D eigenvalue weighted by Gasteiger charge is 2.15. The lowest BCUT2D eigenvalue weighted by atomic mass is 10.0. The van der Waals surface area contributed by atoms with Crippen molar-refractivity contribution in [3.05, 3.63) is 28.8 Å². The average Bonchev–Trinajstić information content (AvgIpc) is 2.29. The maximum absolute atomic E-state index is 6.15. The Morgan fingerprint density at radius 2 is 2.12 bits per heavy atom. The molecule has 96 valence electrons. The molecule has 1 aromatic carbocycles. The van der Waals surface area contributed by atoms with Crippen LogP contribution in [-0.4, -0.2) is 39.7 Å². The van der Waals surface area contributed by atoms with Crippen LogP contribution in [0.3, 0.4) is 0 Å². The standard InChI is InChI=1S/C13H21ClN2O/c1-15-8-7-12(16(2)3)10-5-6-13(17-4)11(14)9-10/h5-6,9,12,15H,7-8H2,1-4H3. The smallest absolute Gasteiger partial charge is 0.137 e. The third kappa shape index (κ3) is 3.87. The van der Waals surface area contributed by atoms with Gasteiger partial charge in [-0.1, -0.05) is 17.7 Å². The van der Waals surface area contributed by atoms with Crippen LogP contribution in [0.5, 0.6) is 5.75 Å². The van der Waals surface area contributed by atoms with Gasteiger partial charge >= 0.3 is 0 Å². The number of rotatable bonds is 6. The van der Waals surface area contributed by atoms with Crippen molar-refractivity contribution in [2.24, 2.45) is 0 Å². The quantitative estimate of drug-likeness (QED) is 0.847. The van der Waals surface area contributed by atoms with E-state index in [1.165, 1.54) is 5.56 Å². The predicted molar refractivity (Wildman–Crippen MR) is 73.0 cm³/mol. The monoisotopic (exact) mass is 256 g/mol. The summed E-state index contributed by atoms with van der Waals surface area (Å²) in [6.07, 6.45) is 1.05. The normalized spacial score (nSPS) is 12.8. The van der Waals surface area contributed by atoms with Crippen LogP contribution in [0.25, 0.3) is 0 Å². The van der Waals surface area contributed by atoms with Gasteiger partial charge in [-0.25, -0.2) is 0 Å². The van der Waals surface area contributed by atoms with Crippen molar-refractivity contribution in [1.82, 2.24) is 10.2 Å². The largest absolute Gasteiger partial charge is 0.495 e. The summed E-state index contributed by atoms with van der Waals surface area (Å²) in [5, 5.41) is 3.84. The van der Waals surface area contributed by atoms with Gasteiger partial charge in [0.2, 0.25) is 0 Å². The fraction of sp³-hybridized carbons (Fsp3) is 0.538. The van der Waals surface area contributed by atoms with Gasteiger partial charge in [-0.2, -0.15) is 0 Å². The fourth-order valence-electron chi connectivity index (χ4n) is 1.89. The Balaban J connectivity index is 2.90. The molecule has 0 radical (unpaired) electrons. The minimum Gasteiger partial charge on any atom is -0.495 e. The SMILES string of the molecule is CNCCC(c1ccc(OC)c(Cl)c1)N(C)C. The van der Waals surface area contributed by atoms with Crippen molar-refractivity contribution in [1.29, 1.82) is 0 Å². The van der Waals surface area contributed by atoms with E-state index in [0.29, 0.717) is 11.1 Å². The summed E-state index contributed by atoms with van der Waals surface area (Å²) >= 11 is 6.15. The van der Waals surface area contributed by atoms with E-state index < -0.39 is 0 Å². The van der Waals surface area contributed by atoms with Crippen LogP contribution < -0.4 is 10.1 Å². The first-order valence-electron chi connectivity index (χ1n) is 5.74. The zero-order valence-corrected chi connectivity index (χ0v) is 11.7. The second-order valence-corrected chi connectivity index (χ2v) is 4.67. The van der Waals surface area contributed by atoms with E-state index in [1.54, 1.807) is 7.11 Å². The molecular formula is C13H21ClN2O. The minimum atomic E-state index is 0.367. The van der Waals surface area contributed by atoms with E-state index in [2.05, 4.69) is 30.4 Å². The van der Waals surface area contributed by atoms with Gasteiger partial charge in [0.15, 0.2) is 0 Å². The van der Waals surface area contributed by atoms with Crippen LogP contribution in [0.15, 0.2) is 18.2 Å². The molecule has 4 heteroatoms. The molecule has 0 heterocycles. The van der Waals surface area contributed by atoms with Crippen molar-refractivity contribution in [2.45, 2.75) is 12.5 Å².